The number of fused-ring (bicyclic) bond motifs is 1. The number of hydrogen-bond acceptors (Lipinski definition) is 2. The first-order valence-electron chi connectivity index (χ1n) is 6.13. The van der Waals surface area contributed by atoms with Crippen molar-refractivity contribution in [2.75, 3.05) is 0 Å². The largest absolute Gasteiger partial charge is 0.435 e. The van der Waals surface area contributed by atoms with Crippen LogP contribution in [-0.4, -0.2) is 14.6 Å². The smallest absolute Gasteiger partial charge is 0.296 e. The Balaban J connectivity index is 2.47. The van der Waals surface area contributed by atoms with Gasteiger partial charge in [-0.3, -0.25) is 9.89 Å². The van der Waals surface area contributed by atoms with Crippen LogP contribution in [0.1, 0.15) is 11.4 Å². The van der Waals surface area contributed by atoms with E-state index in [4.69, 9.17) is 0 Å². The number of aryl methyl sites for hydroxylation is 1. The molecule has 0 aliphatic carbocycles. The van der Waals surface area contributed by atoms with Gasteiger partial charge in [-0.05, 0) is 6.92 Å². The SMILES string of the molecule is Cc1cc(=O)c2nc(C(F)(F)F)c(-c3ccccc3)n2[nH]1. The Bertz CT molecular complexity index is 863. The maximum atomic E-state index is 13.2. The lowest BCUT2D eigenvalue weighted by Gasteiger charge is -2.08. The lowest BCUT2D eigenvalue weighted by atomic mass is 10.1. The maximum absolute atomic E-state index is 13.2. The first kappa shape index (κ1) is 13.4. The molecule has 0 fully saturated rings. The zero-order valence-electron chi connectivity index (χ0n) is 10.9. The molecule has 0 atom stereocenters. The summed E-state index contributed by atoms with van der Waals surface area (Å²) in [4.78, 5) is 15.3. The van der Waals surface area contributed by atoms with Gasteiger partial charge in [-0.15, -0.1) is 0 Å². The Morgan fingerprint density at radius 3 is 2.48 bits per heavy atom. The van der Waals surface area contributed by atoms with Crippen LogP contribution >= 0.6 is 0 Å². The molecular weight excluding hydrogens is 283 g/mol. The number of halogens is 3. The number of aromatic amines is 1. The molecule has 0 saturated heterocycles. The van der Waals surface area contributed by atoms with Crippen molar-refractivity contribution in [2.24, 2.45) is 0 Å². The number of rotatable bonds is 1. The molecule has 0 aliphatic rings. The van der Waals surface area contributed by atoms with Crippen LogP contribution in [0.3, 0.4) is 0 Å². The molecule has 0 spiro atoms. The van der Waals surface area contributed by atoms with Gasteiger partial charge in [0.2, 0.25) is 11.1 Å². The average molecular weight is 293 g/mol. The van der Waals surface area contributed by atoms with Gasteiger partial charge in [-0.1, -0.05) is 30.3 Å². The second-order valence-corrected chi connectivity index (χ2v) is 4.64. The van der Waals surface area contributed by atoms with Crippen LogP contribution in [0.5, 0.6) is 0 Å². The van der Waals surface area contributed by atoms with E-state index >= 15 is 0 Å². The van der Waals surface area contributed by atoms with Gasteiger partial charge in [0.25, 0.3) is 0 Å². The van der Waals surface area contributed by atoms with E-state index in [1.807, 2.05) is 0 Å². The third-order valence-electron chi connectivity index (χ3n) is 3.05. The monoisotopic (exact) mass is 293 g/mol. The molecule has 1 N–H and O–H groups in total. The molecule has 1 aromatic carbocycles. The first-order valence-corrected chi connectivity index (χ1v) is 6.13. The molecule has 3 rings (SSSR count). The maximum Gasteiger partial charge on any atom is 0.435 e. The van der Waals surface area contributed by atoms with Gasteiger partial charge >= 0.3 is 6.18 Å². The first-order chi connectivity index (χ1) is 9.88. The van der Waals surface area contributed by atoms with Crippen LogP contribution in [0.25, 0.3) is 16.9 Å². The molecule has 0 radical (unpaired) electrons. The number of imidazole rings is 1. The Labute approximate surface area is 116 Å². The van der Waals surface area contributed by atoms with Gasteiger partial charge in [0, 0.05) is 17.3 Å². The lowest BCUT2D eigenvalue weighted by molar-refractivity contribution is -0.140. The number of nitrogens with one attached hydrogen (secondary N) is 1. The van der Waals surface area contributed by atoms with Gasteiger partial charge in [0.1, 0.15) is 5.69 Å². The third kappa shape index (κ3) is 2.20. The minimum atomic E-state index is -4.65. The van der Waals surface area contributed by atoms with Crippen LogP contribution < -0.4 is 5.43 Å². The Morgan fingerprint density at radius 1 is 1.19 bits per heavy atom. The Morgan fingerprint density at radius 2 is 1.86 bits per heavy atom. The van der Waals surface area contributed by atoms with Crippen molar-refractivity contribution in [3.8, 4) is 11.3 Å². The van der Waals surface area contributed by atoms with Gasteiger partial charge in [-0.25, -0.2) is 9.50 Å². The number of hydrogen-bond donors (Lipinski definition) is 1. The van der Waals surface area contributed by atoms with E-state index in [2.05, 4.69) is 10.1 Å². The highest BCUT2D eigenvalue weighted by Crippen LogP contribution is 2.36. The topological polar surface area (TPSA) is 50.2 Å². The van der Waals surface area contributed by atoms with Crippen molar-refractivity contribution in [3.63, 3.8) is 0 Å². The fraction of sp³-hybridized carbons (Fsp3) is 0.143. The summed E-state index contributed by atoms with van der Waals surface area (Å²) in [5.74, 6) is 0. The molecule has 108 valence electrons. The molecule has 0 bridgehead atoms. The van der Waals surface area contributed by atoms with E-state index in [1.54, 1.807) is 37.3 Å². The Hall–Kier alpha value is -2.57. The zero-order chi connectivity index (χ0) is 15.2. The summed E-state index contributed by atoms with van der Waals surface area (Å²) in [6.45, 7) is 1.60. The van der Waals surface area contributed by atoms with E-state index in [1.165, 1.54) is 6.07 Å². The average Bonchev–Trinajstić information content (AvgIpc) is 2.79. The number of benzene rings is 1. The molecule has 0 unspecified atom stereocenters. The molecule has 0 amide bonds. The molecule has 0 saturated carbocycles. The Kier molecular flexibility index (Phi) is 2.86. The van der Waals surface area contributed by atoms with Crippen molar-refractivity contribution in [3.05, 3.63) is 58.0 Å². The zero-order valence-corrected chi connectivity index (χ0v) is 10.9. The van der Waals surface area contributed by atoms with Crippen LogP contribution in [0.4, 0.5) is 13.2 Å². The van der Waals surface area contributed by atoms with Gasteiger partial charge < -0.3 is 0 Å². The molecule has 0 aliphatic heterocycles. The molecule has 4 nitrogen and oxygen atoms in total. The van der Waals surface area contributed by atoms with Crippen molar-refractivity contribution in [1.82, 2.24) is 14.6 Å². The highest BCUT2D eigenvalue weighted by Gasteiger charge is 2.38. The van der Waals surface area contributed by atoms with E-state index in [-0.39, 0.29) is 11.3 Å². The van der Waals surface area contributed by atoms with E-state index in [0.717, 1.165) is 4.52 Å². The molecule has 21 heavy (non-hydrogen) atoms. The summed E-state index contributed by atoms with van der Waals surface area (Å²) in [5, 5.41) is 2.74. The minimum Gasteiger partial charge on any atom is -0.296 e. The van der Waals surface area contributed by atoms with Crippen molar-refractivity contribution >= 4 is 5.65 Å². The van der Waals surface area contributed by atoms with Crippen molar-refractivity contribution in [1.29, 1.82) is 0 Å². The van der Waals surface area contributed by atoms with E-state index in [9.17, 15) is 18.0 Å². The summed E-state index contributed by atoms with van der Waals surface area (Å²) < 4.78 is 40.7. The number of aromatic nitrogens is 3. The van der Waals surface area contributed by atoms with Crippen LogP contribution in [0.2, 0.25) is 0 Å². The molecule has 7 heteroatoms. The second kappa shape index (κ2) is 4.47. The van der Waals surface area contributed by atoms with Crippen LogP contribution in [0.15, 0.2) is 41.2 Å². The number of H-pyrrole nitrogens is 1. The summed E-state index contributed by atoms with van der Waals surface area (Å²) in [7, 11) is 0. The molecule has 3 aromatic rings. The van der Waals surface area contributed by atoms with E-state index < -0.39 is 17.3 Å². The minimum absolute atomic E-state index is 0.168. The molecule has 2 aromatic heterocycles. The van der Waals surface area contributed by atoms with Gasteiger partial charge in [0.15, 0.2) is 5.69 Å². The fourth-order valence-corrected chi connectivity index (χ4v) is 2.22. The predicted octanol–water partition coefficient (Wildman–Crippen LogP) is 3.02. The van der Waals surface area contributed by atoms with Gasteiger partial charge in [0.05, 0.1) is 0 Å². The third-order valence-corrected chi connectivity index (χ3v) is 3.05. The fourth-order valence-electron chi connectivity index (χ4n) is 2.22. The van der Waals surface area contributed by atoms with Crippen LogP contribution in [-0.2, 0) is 6.18 Å². The number of alkyl halides is 3. The van der Waals surface area contributed by atoms with Crippen molar-refractivity contribution in [2.45, 2.75) is 13.1 Å². The summed E-state index contributed by atoms with van der Waals surface area (Å²) in [5.41, 5.74) is -1.29. The highest BCUT2D eigenvalue weighted by atomic mass is 19.4. The quantitative estimate of drug-likeness (QED) is 0.749. The lowest BCUT2D eigenvalue weighted by Crippen LogP contribution is -2.09. The molecular formula is C14H10F3N3O. The summed E-state index contributed by atoms with van der Waals surface area (Å²) in [6.07, 6.45) is -4.65. The van der Waals surface area contributed by atoms with E-state index in [0.29, 0.717) is 11.3 Å². The summed E-state index contributed by atoms with van der Waals surface area (Å²) in [6, 6.07) is 9.26. The number of nitrogens with zero attached hydrogens (tertiary/aromatic N) is 2. The predicted molar refractivity (Wildman–Crippen MR) is 71.0 cm³/mol. The normalized spacial score (nSPS) is 12.0. The highest BCUT2D eigenvalue weighted by molar-refractivity contribution is 5.67. The molecule has 2 heterocycles. The van der Waals surface area contributed by atoms with Gasteiger partial charge in [-0.2, -0.15) is 13.2 Å². The standard InChI is InChI=1S/C14H10F3N3O/c1-8-7-10(21)13-18-12(14(15,16)17)11(20(13)19-8)9-5-3-2-4-6-9/h2-7,19H,1H3. The second-order valence-electron chi connectivity index (χ2n) is 4.64. The van der Waals surface area contributed by atoms with Crippen LogP contribution in [0, 0.1) is 6.92 Å². The van der Waals surface area contributed by atoms with Crippen molar-refractivity contribution < 1.29 is 13.2 Å². The summed E-state index contributed by atoms with van der Waals surface area (Å²) >= 11 is 0.